The highest BCUT2D eigenvalue weighted by Gasteiger charge is 2.54. The third-order valence-electron chi connectivity index (χ3n) is 7.56. The highest BCUT2D eigenvalue weighted by molar-refractivity contribution is 5.77. The molecule has 0 amide bonds. The SMILES string of the molecule is CCC/C=C/CCCCCCCCCC[N+](C(CCC)C(=O)[O-])(C(CCC)C(=O)O)C(CCC)C(=O)O. The number of unbranched alkanes of at least 4 members (excludes halogenated alkanes) is 9. The van der Waals surface area contributed by atoms with Gasteiger partial charge in [0.05, 0.1) is 12.5 Å². The molecule has 7 nitrogen and oxygen atoms in total. The van der Waals surface area contributed by atoms with Crippen LogP contribution in [0.4, 0.5) is 0 Å². The zero-order valence-electron chi connectivity index (χ0n) is 24.1. The Morgan fingerprint density at radius 3 is 1.43 bits per heavy atom. The first-order valence-corrected chi connectivity index (χ1v) is 14.9. The largest absolute Gasteiger partial charge is 0.544 e. The van der Waals surface area contributed by atoms with Crippen LogP contribution in [-0.4, -0.2) is 57.3 Å². The molecule has 0 saturated carbocycles. The fraction of sp³-hybridized carbons (Fsp3) is 0.833. The Bertz CT molecular complexity index is 603. The number of carboxylic acid groups (broad SMARTS) is 3. The number of allylic oxidation sites excluding steroid dienone is 2. The van der Waals surface area contributed by atoms with Crippen molar-refractivity contribution >= 4 is 17.9 Å². The van der Waals surface area contributed by atoms with Gasteiger partial charge in [-0.3, -0.25) is 4.48 Å². The first-order chi connectivity index (χ1) is 17.7. The molecule has 0 aliphatic rings. The summed E-state index contributed by atoms with van der Waals surface area (Å²) in [4.78, 5) is 37.4. The molecule has 0 radical (unpaired) electrons. The predicted molar refractivity (Wildman–Crippen MR) is 147 cm³/mol. The van der Waals surface area contributed by atoms with E-state index in [-0.39, 0.29) is 25.8 Å². The smallest absolute Gasteiger partial charge is 0.362 e. The molecule has 0 heterocycles. The van der Waals surface area contributed by atoms with Crippen molar-refractivity contribution in [2.45, 2.75) is 155 Å². The Morgan fingerprint density at radius 2 is 1.03 bits per heavy atom. The fourth-order valence-electron chi connectivity index (χ4n) is 5.74. The van der Waals surface area contributed by atoms with Crippen LogP contribution in [0.5, 0.6) is 0 Å². The Labute approximate surface area is 225 Å². The van der Waals surface area contributed by atoms with Crippen molar-refractivity contribution in [2.75, 3.05) is 6.54 Å². The Morgan fingerprint density at radius 1 is 0.622 bits per heavy atom. The van der Waals surface area contributed by atoms with Crippen LogP contribution in [0, 0.1) is 0 Å². The van der Waals surface area contributed by atoms with Crippen LogP contribution in [0.2, 0.25) is 0 Å². The minimum Gasteiger partial charge on any atom is -0.544 e. The van der Waals surface area contributed by atoms with Gasteiger partial charge in [-0.05, 0) is 44.9 Å². The number of carboxylic acids is 3. The second-order valence-electron chi connectivity index (χ2n) is 10.5. The van der Waals surface area contributed by atoms with E-state index < -0.39 is 40.5 Å². The van der Waals surface area contributed by atoms with Gasteiger partial charge in [0.1, 0.15) is 6.04 Å². The summed E-state index contributed by atoms with van der Waals surface area (Å²) in [5, 5.41) is 32.8. The summed E-state index contributed by atoms with van der Waals surface area (Å²) in [7, 11) is 0. The molecule has 0 aromatic carbocycles. The van der Waals surface area contributed by atoms with Crippen molar-refractivity contribution in [3.8, 4) is 0 Å². The molecule has 0 aromatic heterocycles. The van der Waals surface area contributed by atoms with Crippen molar-refractivity contribution in [1.29, 1.82) is 0 Å². The zero-order valence-corrected chi connectivity index (χ0v) is 24.1. The topological polar surface area (TPSA) is 115 Å². The van der Waals surface area contributed by atoms with Crippen LogP contribution in [0.15, 0.2) is 12.2 Å². The lowest BCUT2D eigenvalue weighted by Crippen LogP contribution is -2.74. The number of aliphatic carboxylic acids is 3. The fourth-order valence-corrected chi connectivity index (χ4v) is 5.74. The summed E-state index contributed by atoms with van der Waals surface area (Å²) in [6, 6.07) is -3.33. The Balaban J connectivity index is 5.45. The van der Waals surface area contributed by atoms with E-state index in [1.54, 1.807) is 0 Å². The lowest BCUT2D eigenvalue weighted by molar-refractivity contribution is -0.975. The minimum absolute atomic E-state index is 0.205. The minimum atomic E-state index is -1.34. The Kier molecular flexibility index (Phi) is 20.0. The van der Waals surface area contributed by atoms with Crippen molar-refractivity contribution in [2.24, 2.45) is 0 Å². The van der Waals surface area contributed by atoms with E-state index in [9.17, 15) is 29.7 Å². The molecule has 7 heteroatoms. The predicted octanol–water partition coefficient (Wildman–Crippen LogP) is 6.10. The third kappa shape index (κ3) is 12.5. The highest BCUT2D eigenvalue weighted by Crippen LogP contribution is 2.34. The van der Waals surface area contributed by atoms with Gasteiger partial charge in [-0.15, -0.1) is 0 Å². The van der Waals surface area contributed by atoms with Crippen molar-refractivity contribution in [3.63, 3.8) is 0 Å². The quantitative estimate of drug-likeness (QED) is 0.0846. The van der Waals surface area contributed by atoms with Crippen LogP contribution in [-0.2, 0) is 14.4 Å². The molecule has 0 aromatic rings. The number of hydrogen-bond donors (Lipinski definition) is 2. The molecule has 216 valence electrons. The van der Waals surface area contributed by atoms with E-state index in [4.69, 9.17) is 0 Å². The van der Waals surface area contributed by atoms with E-state index in [1.165, 1.54) is 25.7 Å². The van der Waals surface area contributed by atoms with E-state index >= 15 is 0 Å². The molecule has 0 spiro atoms. The monoisotopic (exact) mass is 525 g/mol. The summed E-state index contributed by atoms with van der Waals surface area (Å²) in [5.41, 5.74) is 0. The van der Waals surface area contributed by atoms with Crippen LogP contribution < -0.4 is 5.11 Å². The van der Waals surface area contributed by atoms with Crippen molar-refractivity contribution in [1.82, 2.24) is 0 Å². The van der Waals surface area contributed by atoms with Gasteiger partial charge in [-0.25, -0.2) is 9.59 Å². The highest BCUT2D eigenvalue weighted by atomic mass is 16.4. The van der Waals surface area contributed by atoms with E-state index in [2.05, 4.69) is 19.1 Å². The van der Waals surface area contributed by atoms with Gasteiger partial charge in [0.25, 0.3) is 0 Å². The molecule has 0 aliphatic carbocycles. The number of carbonyl (C=O) groups is 3. The maximum absolute atomic E-state index is 12.5. The van der Waals surface area contributed by atoms with E-state index in [1.807, 2.05) is 20.8 Å². The van der Waals surface area contributed by atoms with E-state index in [0.29, 0.717) is 25.7 Å². The van der Waals surface area contributed by atoms with Crippen LogP contribution in [0.25, 0.3) is 0 Å². The molecule has 0 aliphatic heterocycles. The summed E-state index contributed by atoms with van der Waals surface area (Å²) in [6.07, 6.45) is 18.6. The molecule has 37 heavy (non-hydrogen) atoms. The third-order valence-corrected chi connectivity index (χ3v) is 7.56. The normalized spacial score (nSPS) is 15.8. The molecule has 0 rings (SSSR count). The van der Waals surface area contributed by atoms with Gasteiger partial charge in [-0.2, -0.15) is 0 Å². The van der Waals surface area contributed by atoms with Gasteiger partial charge in [0.2, 0.25) is 0 Å². The Hall–Kier alpha value is -1.89. The number of carbonyl (C=O) groups excluding carboxylic acids is 1. The van der Waals surface area contributed by atoms with Gasteiger partial charge < -0.3 is 20.1 Å². The molecule has 3 unspecified atom stereocenters. The molecular weight excluding hydrogens is 470 g/mol. The first kappa shape index (κ1) is 35.1. The lowest BCUT2D eigenvalue weighted by Gasteiger charge is -2.52. The maximum Gasteiger partial charge on any atom is 0.362 e. The summed E-state index contributed by atoms with van der Waals surface area (Å²) in [5.74, 6) is -3.57. The maximum atomic E-state index is 12.5. The molecule has 0 saturated heterocycles. The average Bonchev–Trinajstić information content (AvgIpc) is 2.85. The van der Waals surface area contributed by atoms with Gasteiger partial charge in [0, 0.05) is 19.3 Å². The second-order valence-corrected chi connectivity index (χ2v) is 10.5. The zero-order chi connectivity index (χ0) is 28.1. The second kappa shape index (κ2) is 21.1. The molecule has 0 bridgehead atoms. The average molecular weight is 526 g/mol. The standard InChI is InChI=1S/C30H55NO6/c1-5-9-10-11-12-13-14-15-16-17-18-19-20-24-31(25(21-6-2)28(32)33,26(22-7-3)29(34)35)27(23-8-4)30(36)37/h10-11,25-27H,5-9,12-24H2,1-4H3,(H2-,32,33,34,35,36,37)/b11-10+. The summed E-state index contributed by atoms with van der Waals surface area (Å²) < 4.78 is -0.436. The molecule has 2 N–H and O–H groups in total. The lowest BCUT2D eigenvalue weighted by atomic mass is 9.91. The first-order valence-electron chi connectivity index (χ1n) is 14.9. The van der Waals surface area contributed by atoms with Crippen LogP contribution in [0.3, 0.4) is 0 Å². The van der Waals surface area contributed by atoms with Crippen molar-refractivity contribution < 1.29 is 34.2 Å². The molecule has 3 atom stereocenters. The van der Waals surface area contributed by atoms with Crippen LogP contribution >= 0.6 is 0 Å². The van der Waals surface area contributed by atoms with E-state index in [0.717, 1.165) is 38.5 Å². The number of hydrogen-bond acceptors (Lipinski definition) is 4. The van der Waals surface area contributed by atoms with Crippen LogP contribution in [0.1, 0.15) is 137 Å². The summed E-state index contributed by atoms with van der Waals surface area (Å²) >= 11 is 0. The number of rotatable bonds is 25. The van der Waals surface area contributed by atoms with Gasteiger partial charge in [-0.1, -0.05) is 84.8 Å². The van der Waals surface area contributed by atoms with Gasteiger partial charge >= 0.3 is 11.9 Å². The molecular formula is C30H55NO6. The number of quaternary nitrogens is 1. The molecule has 0 fully saturated rings. The van der Waals surface area contributed by atoms with Crippen molar-refractivity contribution in [3.05, 3.63) is 12.2 Å². The number of nitrogens with zero attached hydrogens (tertiary/aromatic N) is 1. The summed E-state index contributed by atoms with van der Waals surface area (Å²) in [6.45, 7) is 7.97. The van der Waals surface area contributed by atoms with Gasteiger partial charge in [0.15, 0.2) is 12.1 Å².